The van der Waals surface area contributed by atoms with E-state index < -0.39 is 5.91 Å². The Morgan fingerprint density at radius 1 is 1.24 bits per heavy atom. The van der Waals surface area contributed by atoms with Gasteiger partial charge < -0.3 is 19.6 Å². The number of ether oxygens (including phenoxy) is 1. The van der Waals surface area contributed by atoms with Crippen LogP contribution in [0.25, 0.3) is 16.7 Å². The summed E-state index contributed by atoms with van der Waals surface area (Å²) in [7, 11) is 1.76. The average molecular weight is 339 g/mol. The number of aromatic nitrogens is 4. The monoisotopic (exact) mass is 339 g/mol. The van der Waals surface area contributed by atoms with E-state index in [9.17, 15) is 4.79 Å². The predicted molar refractivity (Wildman–Crippen MR) is 93.7 cm³/mol. The second-order valence-electron chi connectivity index (χ2n) is 6.51. The highest BCUT2D eigenvalue weighted by Crippen LogP contribution is 2.33. The summed E-state index contributed by atoms with van der Waals surface area (Å²) < 4.78 is 9.41. The van der Waals surface area contributed by atoms with E-state index in [0.29, 0.717) is 17.7 Å². The van der Waals surface area contributed by atoms with Gasteiger partial charge in [-0.05, 0) is 37.8 Å². The first-order chi connectivity index (χ1) is 12.2. The maximum Gasteiger partial charge on any atom is 0.250 e. The Labute approximate surface area is 145 Å². The standard InChI is InChI=1S/C18H21N5O2/c1-25-14-4-2-12(3-5-14)23-11-21-16-9-13(22-7-6-20-10-22)8-15(17(16)23)18(19)24/h6-12,14H,2-5H2,1H3,(H2,19,24). The molecule has 25 heavy (non-hydrogen) atoms. The molecule has 1 aliphatic rings. The number of nitrogens with zero attached hydrogens (tertiary/aromatic N) is 4. The van der Waals surface area contributed by atoms with Gasteiger partial charge in [-0.1, -0.05) is 0 Å². The molecule has 7 nitrogen and oxygen atoms in total. The highest BCUT2D eigenvalue weighted by Gasteiger charge is 2.25. The van der Waals surface area contributed by atoms with E-state index in [0.717, 1.165) is 42.4 Å². The van der Waals surface area contributed by atoms with Crippen molar-refractivity contribution in [2.45, 2.75) is 37.8 Å². The van der Waals surface area contributed by atoms with Crippen LogP contribution >= 0.6 is 0 Å². The first-order valence-electron chi connectivity index (χ1n) is 8.49. The molecule has 0 unspecified atom stereocenters. The molecule has 1 saturated carbocycles. The molecule has 0 saturated heterocycles. The van der Waals surface area contributed by atoms with Gasteiger partial charge in [-0.2, -0.15) is 0 Å². The lowest BCUT2D eigenvalue weighted by Crippen LogP contribution is -2.23. The van der Waals surface area contributed by atoms with E-state index in [4.69, 9.17) is 10.5 Å². The number of nitrogens with two attached hydrogens (primary N) is 1. The SMILES string of the molecule is COC1CCC(n2cnc3cc(-n4ccnc4)cc(C(N)=O)c32)CC1. The Bertz CT molecular complexity index is 892. The maximum absolute atomic E-state index is 12.1. The smallest absolute Gasteiger partial charge is 0.250 e. The Hall–Kier alpha value is -2.67. The number of carbonyl (C=O) groups is 1. The summed E-state index contributed by atoms with van der Waals surface area (Å²) in [6, 6.07) is 4.08. The van der Waals surface area contributed by atoms with Gasteiger partial charge in [0.1, 0.15) is 0 Å². The van der Waals surface area contributed by atoms with Crippen LogP contribution in [-0.4, -0.2) is 38.2 Å². The molecule has 3 aromatic rings. The number of hydrogen-bond acceptors (Lipinski definition) is 4. The molecule has 1 amide bonds. The molecule has 0 spiro atoms. The van der Waals surface area contributed by atoms with Gasteiger partial charge >= 0.3 is 0 Å². The van der Waals surface area contributed by atoms with Gasteiger partial charge in [0.15, 0.2) is 0 Å². The molecular weight excluding hydrogens is 318 g/mol. The highest BCUT2D eigenvalue weighted by molar-refractivity contribution is 6.05. The van der Waals surface area contributed by atoms with Crippen LogP contribution in [0.1, 0.15) is 42.1 Å². The van der Waals surface area contributed by atoms with Crippen molar-refractivity contribution in [2.75, 3.05) is 7.11 Å². The number of benzene rings is 1. The molecule has 2 aromatic heterocycles. The van der Waals surface area contributed by atoms with Gasteiger partial charge in [0.2, 0.25) is 0 Å². The van der Waals surface area contributed by atoms with E-state index in [1.165, 1.54) is 0 Å². The maximum atomic E-state index is 12.1. The van der Waals surface area contributed by atoms with Crippen LogP contribution in [0.5, 0.6) is 0 Å². The molecule has 7 heteroatoms. The number of fused-ring (bicyclic) bond motifs is 1. The van der Waals surface area contributed by atoms with Crippen LogP contribution in [-0.2, 0) is 4.74 Å². The van der Waals surface area contributed by atoms with Gasteiger partial charge in [0.25, 0.3) is 5.91 Å². The van der Waals surface area contributed by atoms with Gasteiger partial charge in [-0.3, -0.25) is 4.79 Å². The molecule has 2 heterocycles. The Balaban J connectivity index is 1.78. The molecule has 0 aliphatic heterocycles. The molecule has 2 N–H and O–H groups in total. The fraction of sp³-hybridized carbons (Fsp3) is 0.389. The van der Waals surface area contributed by atoms with Crippen LogP contribution in [0.2, 0.25) is 0 Å². The summed E-state index contributed by atoms with van der Waals surface area (Å²) in [5.41, 5.74) is 8.59. The summed E-state index contributed by atoms with van der Waals surface area (Å²) in [6.07, 6.45) is 11.4. The number of amides is 1. The largest absolute Gasteiger partial charge is 0.381 e. The minimum Gasteiger partial charge on any atom is -0.381 e. The summed E-state index contributed by atoms with van der Waals surface area (Å²) in [6.45, 7) is 0. The molecule has 1 aromatic carbocycles. The third-order valence-corrected chi connectivity index (χ3v) is 5.09. The van der Waals surface area contributed by atoms with Crippen LogP contribution in [0.15, 0.2) is 37.2 Å². The number of hydrogen-bond donors (Lipinski definition) is 1. The Morgan fingerprint density at radius 2 is 2.04 bits per heavy atom. The van der Waals surface area contributed by atoms with Crippen molar-refractivity contribution in [2.24, 2.45) is 5.73 Å². The van der Waals surface area contributed by atoms with E-state index in [1.807, 2.05) is 29.2 Å². The quantitative estimate of drug-likeness (QED) is 0.791. The first-order valence-corrected chi connectivity index (χ1v) is 8.49. The van der Waals surface area contributed by atoms with Gasteiger partial charge in [-0.25, -0.2) is 9.97 Å². The fourth-order valence-electron chi connectivity index (χ4n) is 3.74. The van der Waals surface area contributed by atoms with Crippen LogP contribution in [0, 0.1) is 0 Å². The molecule has 1 fully saturated rings. The van der Waals surface area contributed by atoms with E-state index in [-0.39, 0.29) is 0 Å². The minimum atomic E-state index is -0.445. The zero-order chi connectivity index (χ0) is 17.4. The van der Waals surface area contributed by atoms with Crippen LogP contribution < -0.4 is 5.73 Å². The van der Waals surface area contributed by atoms with Crippen molar-refractivity contribution in [3.8, 4) is 5.69 Å². The van der Waals surface area contributed by atoms with Gasteiger partial charge in [0, 0.05) is 31.2 Å². The van der Waals surface area contributed by atoms with Crippen molar-refractivity contribution in [1.29, 1.82) is 0 Å². The van der Waals surface area contributed by atoms with Gasteiger partial charge in [0.05, 0.1) is 35.4 Å². The normalized spacial score (nSPS) is 20.8. The molecule has 130 valence electrons. The fourth-order valence-corrected chi connectivity index (χ4v) is 3.74. The molecular formula is C18H21N5O2. The van der Waals surface area contributed by atoms with E-state index in [1.54, 1.807) is 19.6 Å². The number of rotatable bonds is 4. The van der Waals surface area contributed by atoms with Crippen molar-refractivity contribution >= 4 is 16.9 Å². The van der Waals surface area contributed by atoms with E-state index in [2.05, 4.69) is 14.5 Å². The number of imidazole rings is 2. The van der Waals surface area contributed by atoms with Crippen molar-refractivity contribution in [3.63, 3.8) is 0 Å². The highest BCUT2D eigenvalue weighted by atomic mass is 16.5. The van der Waals surface area contributed by atoms with Crippen molar-refractivity contribution < 1.29 is 9.53 Å². The van der Waals surface area contributed by atoms with Crippen molar-refractivity contribution in [1.82, 2.24) is 19.1 Å². The Morgan fingerprint density at radius 3 is 2.68 bits per heavy atom. The molecule has 0 bridgehead atoms. The second kappa shape index (κ2) is 6.33. The number of carbonyl (C=O) groups excluding carboxylic acids is 1. The third-order valence-electron chi connectivity index (χ3n) is 5.09. The number of methoxy groups -OCH3 is 1. The first kappa shape index (κ1) is 15.8. The average Bonchev–Trinajstić information content (AvgIpc) is 3.30. The lowest BCUT2D eigenvalue weighted by Gasteiger charge is -2.29. The predicted octanol–water partition coefficient (Wildman–Crippen LogP) is 2.45. The molecule has 4 rings (SSSR count). The third kappa shape index (κ3) is 2.80. The summed E-state index contributed by atoms with van der Waals surface area (Å²) in [5.74, 6) is -0.445. The topological polar surface area (TPSA) is 88.0 Å². The lowest BCUT2D eigenvalue weighted by molar-refractivity contribution is 0.0589. The van der Waals surface area contributed by atoms with E-state index >= 15 is 0 Å². The summed E-state index contributed by atoms with van der Waals surface area (Å²) in [4.78, 5) is 20.7. The molecule has 0 atom stereocenters. The van der Waals surface area contributed by atoms with Crippen LogP contribution in [0.4, 0.5) is 0 Å². The van der Waals surface area contributed by atoms with Crippen LogP contribution in [0.3, 0.4) is 0 Å². The zero-order valence-corrected chi connectivity index (χ0v) is 14.1. The second-order valence-corrected chi connectivity index (χ2v) is 6.51. The Kier molecular flexibility index (Phi) is 4.01. The summed E-state index contributed by atoms with van der Waals surface area (Å²) >= 11 is 0. The van der Waals surface area contributed by atoms with Gasteiger partial charge in [-0.15, -0.1) is 0 Å². The van der Waals surface area contributed by atoms with Crippen molar-refractivity contribution in [3.05, 3.63) is 42.7 Å². The lowest BCUT2D eigenvalue weighted by atomic mass is 9.92. The summed E-state index contributed by atoms with van der Waals surface area (Å²) in [5, 5.41) is 0. The number of primary amides is 1. The zero-order valence-electron chi connectivity index (χ0n) is 14.1. The molecule has 0 radical (unpaired) electrons. The minimum absolute atomic E-state index is 0.314. The molecule has 1 aliphatic carbocycles.